The summed E-state index contributed by atoms with van der Waals surface area (Å²) in [5, 5.41) is 12.1. The third-order valence-electron chi connectivity index (χ3n) is 3.50. The Kier molecular flexibility index (Phi) is 3.71. The van der Waals surface area contributed by atoms with Crippen LogP contribution in [0.4, 0.5) is 0 Å². The van der Waals surface area contributed by atoms with Gasteiger partial charge in [0, 0.05) is 22.5 Å². The van der Waals surface area contributed by atoms with Gasteiger partial charge in [0.2, 0.25) is 0 Å². The van der Waals surface area contributed by atoms with E-state index in [9.17, 15) is 5.11 Å². The van der Waals surface area contributed by atoms with Crippen LogP contribution in [-0.2, 0) is 0 Å². The van der Waals surface area contributed by atoms with Gasteiger partial charge in [-0.25, -0.2) is 4.98 Å². The molecule has 0 saturated carbocycles. The second kappa shape index (κ2) is 5.82. The van der Waals surface area contributed by atoms with Crippen LogP contribution in [0.1, 0.15) is 12.6 Å². The predicted octanol–water partition coefficient (Wildman–Crippen LogP) is 4.81. The van der Waals surface area contributed by atoms with E-state index in [4.69, 9.17) is 0 Å². The van der Waals surface area contributed by atoms with Gasteiger partial charge in [-0.1, -0.05) is 43.0 Å². The summed E-state index contributed by atoms with van der Waals surface area (Å²) in [6.07, 6.45) is 6.97. The SMILES string of the molecule is C=C(/C(O)=C\C=C/C)c1ccc2ccc3cccnc3c2n1. The Bertz CT molecular complexity index is 923. The Morgan fingerprint density at radius 3 is 2.59 bits per heavy atom. The molecular formula is C19H16N2O. The molecule has 0 unspecified atom stereocenters. The maximum atomic E-state index is 10.0. The van der Waals surface area contributed by atoms with Crippen LogP contribution in [0.3, 0.4) is 0 Å². The summed E-state index contributed by atoms with van der Waals surface area (Å²) in [4.78, 5) is 9.07. The van der Waals surface area contributed by atoms with Crippen molar-refractivity contribution in [2.75, 3.05) is 0 Å². The number of fused-ring (bicyclic) bond motifs is 3. The van der Waals surface area contributed by atoms with E-state index in [0.29, 0.717) is 11.3 Å². The van der Waals surface area contributed by atoms with E-state index in [1.165, 1.54) is 0 Å². The van der Waals surface area contributed by atoms with Crippen molar-refractivity contribution in [2.24, 2.45) is 0 Å². The highest BCUT2D eigenvalue weighted by molar-refractivity contribution is 6.03. The highest BCUT2D eigenvalue weighted by Gasteiger charge is 2.08. The molecule has 1 aromatic carbocycles. The third-order valence-corrected chi connectivity index (χ3v) is 3.50. The van der Waals surface area contributed by atoms with Gasteiger partial charge in [-0.15, -0.1) is 0 Å². The zero-order valence-corrected chi connectivity index (χ0v) is 12.3. The molecule has 0 aliphatic carbocycles. The van der Waals surface area contributed by atoms with Gasteiger partial charge in [0.25, 0.3) is 0 Å². The third kappa shape index (κ3) is 2.49. The molecule has 0 saturated heterocycles. The summed E-state index contributed by atoms with van der Waals surface area (Å²) in [6.45, 7) is 5.82. The van der Waals surface area contributed by atoms with Crippen molar-refractivity contribution in [1.82, 2.24) is 9.97 Å². The van der Waals surface area contributed by atoms with Crippen LogP contribution < -0.4 is 0 Å². The Labute approximate surface area is 129 Å². The summed E-state index contributed by atoms with van der Waals surface area (Å²) in [5.74, 6) is 0.109. The Balaban J connectivity index is 2.16. The van der Waals surface area contributed by atoms with E-state index >= 15 is 0 Å². The number of aliphatic hydroxyl groups is 1. The number of hydrogen-bond donors (Lipinski definition) is 1. The van der Waals surface area contributed by atoms with Gasteiger partial charge in [0.15, 0.2) is 0 Å². The molecule has 3 rings (SSSR count). The standard InChI is InChI=1S/C19H16N2O/c1-3-4-7-17(22)13(2)16-11-10-15-9-8-14-6-5-12-20-18(14)19(15)21-16/h3-12,22H,2H2,1H3/b4-3-,17-7+. The van der Waals surface area contributed by atoms with Gasteiger partial charge in [0.1, 0.15) is 5.76 Å². The summed E-state index contributed by atoms with van der Waals surface area (Å²) in [6, 6.07) is 11.8. The molecule has 3 heteroatoms. The second-order valence-corrected chi connectivity index (χ2v) is 4.97. The van der Waals surface area contributed by atoms with E-state index < -0.39 is 0 Å². The molecule has 0 spiro atoms. The number of aromatic nitrogens is 2. The zero-order chi connectivity index (χ0) is 15.5. The van der Waals surface area contributed by atoms with E-state index in [2.05, 4.69) is 16.5 Å². The number of allylic oxidation sites excluding steroid dienone is 4. The van der Waals surface area contributed by atoms with E-state index in [1.807, 2.05) is 49.4 Å². The fourth-order valence-corrected chi connectivity index (χ4v) is 2.31. The molecule has 108 valence electrons. The van der Waals surface area contributed by atoms with Crippen molar-refractivity contribution in [3.63, 3.8) is 0 Å². The highest BCUT2D eigenvalue weighted by atomic mass is 16.3. The minimum absolute atomic E-state index is 0.109. The van der Waals surface area contributed by atoms with Crippen LogP contribution in [0, 0.1) is 0 Å². The average Bonchev–Trinajstić information content (AvgIpc) is 2.58. The van der Waals surface area contributed by atoms with Crippen molar-refractivity contribution in [1.29, 1.82) is 0 Å². The molecule has 3 nitrogen and oxygen atoms in total. The number of hydrogen-bond acceptors (Lipinski definition) is 3. The fourth-order valence-electron chi connectivity index (χ4n) is 2.31. The van der Waals surface area contributed by atoms with Gasteiger partial charge in [-0.05, 0) is 25.1 Å². The number of pyridine rings is 2. The molecule has 2 heterocycles. The largest absolute Gasteiger partial charge is 0.507 e. The first-order valence-electron chi connectivity index (χ1n) is 7.07. The number of nitrogens with zero attached hydrogens (tertiary/aromatic N) is 2. The fraction of sp³-hybridized carbons (Fsp3) is 0.0526. The van der Waals surface area contributed by atoms with Crippen LogP contribution >= 0.6 is 0 Å². The summed E-state index contributed by atoms with van der Waals surface area (Å²) >= 11 is 0. The van der Waals surface area contributed by atoms with Gasteiger partial charge < -0.3 is 5.11 Å². The second-order valence-electron chi connectivity index (χ2n) is 4.97. The molecule has 0 aliphatic rings. The molecule has 0 aliphatic heterocycles. The lowest BCUT2D eigenvalue weighted by Crippen LogP contribution is -1.93. The lowest BCUT2D eigenvalue weighted by atomic mass is 10.1. The van der Waals surface area contributed by atoms with Crippen LogP contribution in [0.5, 0.6) is 0 Å². The molecule has 0 atom stereocenters. The number of aliphatic hydroxyl groups excluding tert-OH is 1. The molecule has 1 N–H and O–H groups in total. The average molecular weight is 288 g/mol. The molecular weight excluding hydrogens is 272 g/mol. The molecule has 0 fully saturated rings. The Hall–Kier alpha value is -2.94. The molecule has 3 aromatic rings. The molecule has 22 heavy (non-hydrogen) atoms. The predicted molar refractivity (Wildman–Crippen MR) is 91.6 cm³/mol. The lowest BCUT2D eigenvalue weighted by Gasteiger charge is -2.07. The van der Waals surface area contributed by atoms with E-state index in [-0.39, 0.29) is 5.76 Å². The molecule has 0 amide bonds. The number of rotatable bonds is 3. The summed E-state index contributed by atoms with van der Waals surface area (Å²) in [5.41, 5.74) is 2.80. The van der Waals surface area contributed by atoms with Crippen LogP contribution in [0.15, 0.2) is 73.2 Å². The smallest absolute Gasteiger partial charge is 0.124 e. The summed E-state index contributed by atoms with van der Waals surface area (Å²) < 4.78 is 0. The van der Waals surface area contributed by atoms with Crippen LogP contribution in [-0.4, -0.2) is 15.1 Å². The Morgan fingerprint density at radius 1 is 1.09 bits per heavy atom. The molecule has 2 aromatic heterocycles. The van der Waals surface area contributed by atoms with Crippen molar-refractivity contribution in [3.8, 4) is 0 Å². The van der Waals surface area contributed by atoms with Gasteiger partial charge in [0.05, 0.1) is 16.7 Å². The minimum Gasteiger partial charge on any atom is -0.507 e. The van der Waals surface area contributed by atoms with Crippen molar-refractivity contribution in [3.05, 3.63) is 78.9 Å². The minimum atomic E-state index is 0.109. The zero-order valence-electron chi connectivity index (χ0n) is 12.3. The van der Waals surface area contributed by atoms with Crippen molar-refractivity contribution < 1.29 is 5.11 Å². The van der Waals surface area contributed by atoms with Gasteiger partial charge in [-0.3, -0.25) is 4.98 Å². The van der Waals surface area contributed by atoms with Gasteiger partial charge in [-0.2, -0.15) is 0 Å². The van der Waals surface area contributed by atoms with Crippen molar-refractivity contribution >= 4 is 27.4 Å². The lowest BCUT2D eigenvalue weighted by molar-refractivity contribution is 0.438. The van der Waals surface area contributed by atoms with Crippen LogP contribution in [0.2, 0.25) is 0 Å². The van der Waals surface area contributed by atoms with Crippen molar-refractivity contribution in [2.45, 2.75) is 6.92 Å². The van der Waals surface area contributed by atoms with E-state index in [1.54, 1.807) is 18.3 Å². The highest BCUT2D eigenvalue weighted by Crippen LogP contribution is 2.25. The monoisotopic (exact) mass is 288 g/mol. The summed E-state index contributed by atoms with van der Waals surface area (Å²) in [7, 11) is 0. The maximum Gasteiger partial charge on any atom is 0.124 e. The van der Waals surface area contributed by atoms with E-state index in [0.717, 1.165) is 21.8 Å². The molecule has 0 bridgehead atoms. The molecule has 0 radical (unpaired) electrons. The topological polar surface area (TPSA) is 46.0 Å². The number of benzene rings is 1. The normalized spacial score (nSPS) is 12.3. The van der Waals surface area contributed by atoms with Crippen LogP contribution in [0.25, 0.3) is 27.4 Å². The Morgan fingerprint density at radius 2 is 1.82 bits per heavy atom. The quantitative estimate of drug-likeness (QED) is 0.427. The first-order chi connectivity index (χ1) is 10.7. The first kappa shape index (κ1) is 14.0. The van der Waals surface area contributed by atoms with Gasteiger partial charge >= 0.3 is 0 Å². The first-order valence-corrected chi connectivity index (χ1v) is 7.07. The maximum absolute atomic E-state index is 10.0.